The van der Waals surface area contributed by atoms with Crippen LogP contribution in [0.2, 0.25) is 0 Å². The van der Waals surface area contributed by atoms with Crippen molar-refractivity contribution >= 4 is 23.5 Å². The van der Waals surface area contributed by atoms with Crippen molar-refractivity contribution in [1.29, 1.82) is 0 Å². The third-order valence-corrected chi connectivity index (χ3v) is 5.06. The van der Waals surface area contributed by atoms with Crippen molar-refractivity contribution in [1.82, 2.24) is 9.78 Å². The molecule has 1 heterocycles. The monoisotopic (exact) mass is 418 g/mol. The number of nitro benzene ring substituents is 1. The quantitative estimate of drug-likeness (QED) is 0.344. The molecular weight excluding hydrogens is 392 g/mol. The molecule has 0 saturated carbocycles. The summed E-state index contributed by atoms with van der Waals surface area (Å²) in [5, 5.41) is 18.4. The van der Waals surface area contributed by atoms with Gasteiger partial charge in [-0.2, -0.15) is 5.10 Å². The summed E-state index contributed by atoms with van der Waals surface area (Å²) in [6.07, 6.45) is 3.01. The van der Waals surface area contributed by atoms with Crippen LogP contribution in [0.4, 0.5) is 11.5 Å². The molecule has 3 aromatic rings. The second kappa shape index (κ2) is 8.55. The smallest absolute Gasteiger partial charge is 0.269 e. The maximum absolute atomic E-state index is 12.6. The number of nitrogens with zero attached hydrogens (tertiary/aromatic N) is 3. The number of nitro groups is 1. The van der Waals surface area contributed by atoms with E-state index in [1.165, 1.54) is 18.2 Å². The number of aryl methyl sites for hydroxylation is 1. The Balaban J connectivity index is 1.89. The highest BCUT2D eigenvalue weighted by Crippen LogP contribution is 2.28. The molecule has 0 unspecified atom stereocenters. The zero-order valence-electron chi connectivity index (χ0n) is 18.3. The van der Waals surface area contributed by atoms with Gasteiger partial charge in [0.1, 0.15) is 5.82 Å². The number of hydrogen-bond donors (Lipinski definition) is 1. The van der Waals surface area contributed by atoms with Crippen LogP contribution in [0, 0.1) is 24.0 Å². The first-order valence-electron chi connectivity index (χ1n) is 9.97. The predicted octanol–water partition coefficient (Wildman–Crippen LogP) is 5.35. The Kier molecular flexibility index (Phi) is 6.06. The average Bonchev–Trinajstić information content (AvgIpc) is 3.13. The fraction of sp³-hybridized carbons (Fsp3) is 0.250. The molecule has 0 aliphatic rings. The summed E-state index contributed by atoms with van der Waals surface area (Å²) in [6, 6.07) is 13.9. The Morgan fingerprint density at radius 1 is 1.13 bits per heavy atom. The SMILES string of the molecule is Cc1cccc(-n2nc(C(C)(C)C)cc2NC(=O)C=Cc2ccc([N+](=O)[O-])cc2)c1C. The summed E-state index contributed by atoms with van der Waals surface area (Å²) in [7, 11) is 0. The van der Waals surface area contributed by atoms with Crippen LogP contribution in [0.5, 0.6) is 0 Å². The average molecular weight is 418 g/mol. The van der Waals surface area contributed by atoms with E-state index in [1.807, 2.05) is 38.1 Å². The number of amides is 1. The molecule has 0 spiro atoms. The van der Waals surface area contributed by atoms with Gasteiger partial charge in [0.2, 0.25) is 5.91 Å². The van der Waals surface area contributed by atoms with Gasteiger partial charge in [-0.1, -0.05) is 32.9 Å². The lowest BCUT2D eigenvalue weighted by atomic mass is 9.92. The minimum absolute atomic E-state index is 0.00809. The van der Waals surface area contributed by atoms with Gasteiger partial charge >= 0.3 is 0 Å². The molecule has 3 rings (SSSR count). The van der Waals surface area contributed by atoms with Crippen LogP contribution in [0.1, 0.15) is 43.2 Å². The van der Waals surface area contributed by atoms with E-state index in [2.05, 4.69) is 26.1 Å². The fourth-order valence-electron chi connectivity index (χ4n) is 3.03. The number of aromatic nitrogens is 2. The number of nitrogens with one attached hydrogen (secondary N) is 1. The molecule has 0 bridgehead atoms. The van der Waals surface area contributed by atoms with Gasteiger partial charge in [-0.05, 0) is 54.8 Å². The standard InChI is InChI=1S/C24H26N4O3/c1-16-7-6-8-20(17(16)2)27-22(15-21(26-27)24(3,4)5)25-23(29)14-11-18-9-12-19(13-10-18)28(30)31/h6-15H,1-5H3,(H,25,29). The Hall–Kier alpha value is -3.74. The number of hydrogen-bond acceptors (Lipinski definition) is 4. The maximum Gasteiger partial charge on any atom is 0.269 e. The van der Waals surface area contributed by atoms with Crippen LogP contribution < -0.4 is 5.32 Å². The Labute approximate surface area is 181 Å². The van der Waals surface area contributed by atoms with E-state index in [-0.39, 0.29) is 17.0 Å². The Morgan fingerprint density at radius 3 is 2.42 bits per heavy atom. The van der Waals surface area contributed by atoms with E-state index in [0.29, 0.717) is 11.4 Å². The molecule has 2 aromatic carbocycles. The Bertz CT molecular complexity index is 1150. The molecule has 1 N–H and O–H groups in total. The van der Waals surface area contributed by atoms with Crippen LogP contribution in [0.15, 0.2) is 54.6 Å². The van der Waals surface area contributed by atoms with Crippen molar-refractivity contribution < 1.29 is 9.72 Å². The third-order valence-electron chi connectivity index (χ3n) is 5.06. The summed E-state index contributed by atoms with van der Waals surface area (Å²) >= 11 is 0. The Morgan fingerprint density at radius 2 is 1.81 bits per heavy atom. The fourth-order valence-corrected chi connectivity index (χ4v) is 3.03. The van der Waals surface area contributed by atoms with Crippen LogP contribution >= 0.6 is 0 Å². The zero-order chi connectivity index (χ0) is 22.8. The van der Waals surface area contributed by atoms with Gasteiger partial charge in [0.05, 0.1) is 16.3 Å². The van der Waals surface area contributed by atoms with E-state index in [4.69, 9.17) is 5.10 Å². The summed E-state index contributed by atoms with van der Waals surface area (Å²) in [6.45, 7) is 10.3. The molecule has 1 aromatic heterocycles. The number of non-ortho nitro benzene ring substituents is 1. The van der Waals surface area contributed by atoms with Gasteiger partial charge in [0, 0.05) is 29.7 Å². The first-order chi connectivity index (χ1) is 14.6. The van der Waals surface area contributed by atoms with Gasteiger partial charge in [-0.25, -0.2) is 4.68 Å². The summed E-state index contributed by atoms with van der Waals surface area (Å²) in [5.74, 6) is 0.266. The predicted molar refractivity (Wildman–Crippen MR) is 122 cm³/mol. The van der Waals surface area contributed by atoms with Gasteiger partial charge in [0.25, 0.3) is 5.69 Å². The first-order valence-corrected chi connectivity index (χ1v) is 9.97. The normalized spacial score (nSPS) is 11.6. The van der Waals surface area contributed by atoms with Crippen molar-refractivity contribution in [3.8, 4) is 5.69 Å². The van der Waals surface area contributed by atoms with Crippen LogP contribution in [-0.2, 0) is 10.2 Å². The maximum atomic E-state index is 12.6. The highest BCUT2D eigenvalue weighted by atomic mass is 16.6. The molecule has 31 heavy (non-hydrogen) atoms. The van der Waals surface area contributed by atoms with Crippen molar-refractivity contribution in [2.75, 3.05) is 5.32 Å². The van der Waals surface area contributed by atoms with Crippen molar-refractivity contribution in [3.63, 3.8) is 0 Å². The van der Waals surface area contributed by atoms with Gasteiger partial charge in [-0.15, -0.1) is 0 Å². The van der Waals surface area contributed by atoms with E-state index < -0.39 is 4.92 Å². The van der Waals surface area contributed by atoms with Gasteiger partial charge in [0.15, 0.2) is 0 Å². The van der Waals surface area contributed by atoms with Crippen molar-refractivity contribution in [2.45, 2.75) is 40.0 Å². The third kappa shape index (κ3) is 5.06. The molecule has 7 heteroatoms. The molecular formula is C24H26N4O3. The molecule has 160 valence electrons. The number of anilines is 1. The van der Waals surface area contributed by atoms with E-state index in [0.717, 1.165) is 22.5 Å². The lowest BCUT2D eigenvalue weighted by Crippen LogP contribution is -2.14. The summed E-state index contributed by atoms with van der Waals surface area (Å²) in [5.41, 5.74) is 4.52. The topological polar surface area (TPSA) is 90.1 Å². The molecule has 0 saturated heterocycles. The molecule has 0 aliphatic carbocycles. The van der Waals surface area contributed by atoms with Crippen LogP contribution in [0.3, 0.4) is 0 Å². The minimum atomic E-state index is -0.457. The number of rotatable bonds is 5. The second-order valence-electron chi connectivity index (χ2n) is 8.47. The van der Waals surface area contributed by atoms with Crippen molar-refractivity contribution in [2.24, 2.45) is 0 Å². The van der Waals surface area contributed by atoms with E-state index >= 15 is 0 Å². The van der Waals surface area contributed by atoms with Gasteiger partial charge < -0.3 is 5.32 Å². The zero-order valence-corrected chi connectivity index (χ0v) is 18.3. The number of carbonyl (C=O) groups excluding carboxylic acids is 1. The number of benzene rings is 2. The summed E-state index contributed by atoms with van der Waals surface area (Å²) in [4.78, 5) is 22.9. The van der Waals surface area contributed by atoms with E-state index in [9.17, 15) is 14.9 Å². The van der Waals surface area contributed by atoms with Crippen molar-refractivity contribution in [3.05, 3.63) is 87.1 Å². The number of carbonyl (C=O) groups is 1. The largest absolute Gasteiger partial charge is 0.307 e. The highest BCUT2D eigenvalue weighted by Gasteiger charge is 2.22. The van der Waals surface area contributed by atoms with Crippen LogP contribution in [-0.4, -0.2) is 20.6 Å². The molecule has 0 atom stereocenters. The molecule has 7 nitrogen and oxygen atoms in total. The minimum Gasteiger partial charge on any atom is -0.307 e. The summed E-state index contributed by atoms with van der Waals surface area (Å²) < 4.78 is 1.76. The van der Waals surface area contributed by atoms with Gasteiger partial charge in [-0.3, -0.25) is 14.9 Å². The molecule has 0 fully saturated rings. The highest BCUT2D eigenvalue weighted by molar-refractivity contribution is 6.01. The lowest BCUT2D eigenvalue weighted by molar-refractivity contribution is -0.384. The van der Waals surface area contributed by atoms with E-state index in [1.54, 1.807) is 22.9 Å². The first kappa shape index (κ1) is 22.0. The molecule has 0 radical (unpaired) electrons. The molecule has 1 amide bonds. The molecule has 0 aliphatic heterocycles. The second-order valence-corrected chi connectivity index (χ2v) is 8.47. The van der Waals surface area contributed by atoms with Crippen LogP contribution in [0.25, 0.3) is 11.8 Å². The lowest BCUT2D eigenvalue weighted by Gasteiger charge is -2.14.